The van der Waals surface area contributed by atoms with E-state index in [1.807, 2.05) is 0 Å². The molecule has 0 spiro atoms. The molecule has 1 aromatic rings. The summed E-state index contributed by atoms with van der Waals surface area (Å²) in [5.74, 6) is -0.198. The Morgan fingerprint density at radius 3 is 2.53 bits per heavy atom. The lowest BCUT2D eigenvalue weighted by Crippen LogP contribution is -2.09. The van der Waals surface area contributed by atoms with E-state index >= 15 is 0 Å². The summed E-state index contributed by atoms with van der Waals surface area (Å²) in [6.45, 7) is 9.07. The summed E-state index contributed by atoms with van der Waals surface area (Å²) in [5.41, 5.74) is -0.915. The average molecular weight is 271 g/mol. The number of nitrogens with zero attached hydrogens (tertiary/aromatic N) is 1. The van der Waals surface area contributed by atoms with Gasteiger partial charge in [0.2, 0.25) is 0 Å². The summed E-state index contributed by atoms with van der Waals surface area (Å²) in [4.78, 5) is 3.00. The second-order valence-corrected chi connectivity index (χ2v) is 4.20. The van der Waals surface area contributed by atoms with Crippen LogP contribution in [0.25, 0.3) is 4.85 Å². The highest BCUT2D eigenvalue weighted by Crippen LogP contribution is 2.38. The van der Waals surface area contributed by atoms with Crippen molar-refractivity contribution in [2.75, 3.05) is 6.61 Å². The standard InChI is InChI=1S/C14H16F3NO/c1-3-4-5-6-9-19-13-8-7-11(18-2)10-12(13)14(15,16)17/h7-8,10H,3-6,9H2,1H3. The number of benzene rings is 1. The smallest absolute Gasteiger partial charge is 0.418 e. The molecule has 0 atom stereocenters. The van der Waals surface area contributed by atoms with Crippen molar-refractivity contribution < 1.29 is 17.9 Å². The van der Waals surface area contributed by atoms with E-state index in [9.17, 15) is 13.2 Å². The van der Waals surface area contributed by atoms with Crippen LogP contribution in [-0.4, -0.2) is 6.61 Å². The van der Waals surface area contributed by atoms with Crippen molar-refractivity contribution in [1.29, 1.82) is 0 Å². The van der Waals surface area contributed by atoms with Gasteiger partial charge in [0.1, 0.15) is 5.75 Å². The maximum absolute atomic E-state index is 12.8. The number of hydrogen-bond acceptors (Lipinski definition) is 1. The van der Waals surface area contributed by atoms with E-state index in [1.54, 1.807) is 0 Å². The number of hydrogen-bond donors (Lipinski definition) is 0. The first-order chi connectivity index (χ1) is 8.99. The number of ether oxygens (including phenoxy) is 1. The molecule has 0 aliphatic rings. The molecule has 1 rings (SSSR count). The molecular formula is C14H16F3NO. The van der Waals surface area contributed by atoms with Crippen LogP contribution in [0.3, 0.4) is 0 Å². The molecule has 5 heteroatoms. The molecule has 104 valence electrons. The Morgan fingerprint density at radius 2 is 1.95 bits per heavy atom. The molecule has 0 radical (unpaired) electrons. The predicted molar refractivity (Wildman–Crippen MR) is 67.3 cm³/mol. The van der Waals surface area contributed by atoms with Crippen LogP contribution in [0, 0.1) is 6.57 Å². The van der Waals surface area contributed by atoms with E-state index < -0.39 is 11.7 Å². The third kappa shape index (κ3) is 4.82. The molecule has 0 aliphatic carbocycles. The average Bonchev–Trinajstić information content (AvgIpc) is 2.37. The normalized spacial score (nSPS) is 11.1. The molecule has 0 amide bonds. The molecule has 19 heavy (non-hydrogen) atoms. The van der Waals surface area contributed by atoms with Gasteiger partial charge in [-0.05, 0) is 18.6 Å². The van der Waals surface area contributed by atoms with E-state index in [0.717, 1.165) is 31.7 Å². The second kappa shape index (κ2) is 7.03. The van der Waals surface area contributed by atoms with Gasteiger partial charge in [-0.25, -0.2) is 4.85 Å². The van der Waals surface area contributed by atoms with E-state index in [0.29, 0.717) is 0 Å². The summed E-state index contributed by atoms with van der Waals surface area (Å²) in [5, 5.41) is 0. The molecule has 0 N–H and O–H groups in total. The maximum atomic E-state index is 12.8. The number of unbranched alkanes of at least 4 members (excludes halogenated alkanes) is 3. The van der Waals surface area contributed by atoms with Gasteiger partial charge in [-0.3, -0.25) is 0 Å². The maximum Gasteiger partial charge on any atom is 0.418 e. The van der Waals surface area contributed by atoms with Crippen LogP contribution in [0.5, 0.6) is 5.75 Å². The number of halogens is 3. The third-order valence-corrected chi connectivity index (χ3v) is 2.65. The lowest BCUT2D eigenvalue weighted by Gasteiger charge is -2.14. The molecule has 0 aliphatic heterocycles. The zero-order valence-electron chi connectivity index (χ0n) is 10.8. The highest BCUT2D eigenvalue weighted by Gasteiger charge is 2.34. The fraction of sp³-hybridized carbons (Fsp3) is 0.500. The molecule has 0 aromatic heterocycles. The first-order valence-corrected chi connectivity index (χ1v) is 6.20. The van der Waals surface area contributed by atoms with Gasteiger partial charge in [0.05, 0.1) is 18.7 Å². The molecular weight excluding hydrogens is 255 g/mol. The van der Waals surface area contributed by atoms with Crippen LogP contribution in [0.4, 0.5) is 18.9 Å². The Hall–Kier alpha value is -1.70. The first-order valence-electron chi connectivity index (χ1n) is 6.20. The molecule has 2 nitrogen and oxygen atoms in total. The second-order valence-electron chi connectivity index (χ2n) is 4.20. The van der Waals surface area contributed by atoms with Gasteiger partial charge in [0.25, 0.3) is 0 Å². The largest absolute Gasteiger partial charge is 0.493 e. The first kappa shape index (κ1) is 15.4. The fourth-order valence-corrected chi connectivity index (χ4v) is 1.65. The van der Waals surface area contributed by atoms with Crippen molar-refractivity contribution in [3.63, 3.8) is 0 Å². The summed E-state index contributed by atoms with van der Waals surface area (Å²) >= 11 is 0. The van der Waals surface area contributed by atoms with Crippen molar-refractivity contribution >= 4 is 5.69 Å². The molecule has 1 aromatic carbocycles. The molecule has 0 unspecified atom stereocenters. The number of alkyl halides is 3. The van der Waals surface area contributed by atoms with Crippen LogP contribution < -0.4 is 4.74 Å². The minimum absolute atomic E-state index is 0.0364. The highest BCUT2D eigenvalue weighted by atomic mass is 19.4. The van der Waals surface area contributed by atoms with Gasteiger partial charge in [-0.15, -0.1) is 0 Å². The van der Waals surface area contributed by atoms with Crippen molar-refractivity contribution in [2.24, 2.45) is 0 Å². The number of rotatable bonds is 6. The molecule has 0 bridgehead atoms. The van der Waals surface area contributed by atoms with Gasteiger partial charge in [0.15, 0.2) is 5.69 Å². The van der Waals surface area contributed by atoms with Gasteiger partial charge < -0.3 is 4.74 Å². The van der Waals surface area contributed by atoms with Crippen LogP contribution in [0.15, 0.2) is 18.2 Å². The fourth-order valence-electron chi connectivity index (χ4n) is 1.65. The van der Waals surface area contributed by atoms with Crippen LogP contribution in [-0.2, 0) is 6.18 Å². The monoisotopic (exact) mass is 271 g/mol. The van der Waals surface area contributed by atoms with E-state index in [-0.39, 0.29) is 18.0 Å². The molecule has 0 saturated carbocycles. The minimum Gasteiger partial charge on any atom is -0.493 e. The third-order valence-electron chi connectivity index (χ3n) is 2.65. The Labute approximate surface area is 111 Å². The Morgan fingerprint density at radius 1 is 1.21 bits per heavy atom. The van der Waals surface area contributed by atoms with Gasteiger partial charge >= 0.3 is 6.18 Å². The predicted octanol–water partition coefficient (Wildman–Crippen LogP) is 5.22. The van der Waals surface area contributed by atoms with Crippen LogP contribution in [0.1, 0.15) is 38.2 Å². The lowest BCUT2D eigenvalue weighted by molar-refractivity contribution is -0.138. The highest BCUT2D eigenvalue weighted by molar-refractivity contribution is 5.52. The zero-order valence-corrected chi connectivity index (χ0v) is 10.8. The zero-order chi connectivity index (χ0) is 14.3. The van der Waals surface area contributed by atoms with E-state index in [2.05, 4.69) is 11.8 Å². The Kier molecular flexibility index (Phi) is 5.68. The van der Waals surface area contributed by atoms with Crippen molar-refractivity contribution in [2.45, 2.75) is 38.8 Å². The van der Waals surface area contributed by atoms with Crippen molar-refractivity contribution in [1.82, 2.24) is 0 Å². The van der Waals surface area contributed by atoms with Crippen LogP contribution in [0.2, 0.25) is 0 Å². The van der Waals surface area contributed by atoms with Crippen LogP contribution >= 0.6 is 0 Å². The Balaban J connectivity index is 2.74. The molecule has 0 fully saturated rings. The Bertz CT molecular complexity index is 449. The molecule has 0 heterocycles. The molecule has 0 saturated heterocycles. The summed E-state index contributed by atoms with van der Waals surface area (Å²) < 4.78 is 43.6. The topological polar surface area (TPSA) is 13.6 Å². The summed E-state index contributed by atoms with van der Waals surface area (Å²) in [6, 6.07) is 3.38. The quantitative estimate of drug-likeness (QED) is 0.511. The summed E-state index contributed by atoms with van der Waals surface area (Å²) in [6.07, 6.45) is -0.715. The van der Waals surface area contributed by atoms with Gasteiger partial charge in [-0.2, -0.15) is 13.2 Å². The SMILES string of the molecule is [C-]#[N+]c1ccc(OCCCCCC)c(C(F)(F)F)c1. The van der Waals surface area contributed by atoms with E-state index in [1.165, 1.54) is 12.1 Å². The van der Waals surface area contributed by atoms with Gasteiger partial charge in [-0.1, -0.05) is 32.3 Å². The van der Waals surface area contributed by atoms with Crippen molar-refractivity contribution in [3.05, 3.63) is 35.2 Å². The lowest BCUT2D eigenvalue weighted by atomic mass is 10.1. The summed E-state index contributed by atoms with van der Waals surface area (Å²) in [7, 11) is 0. The van der Waals surface area contributed by atoms with Gasteiger partial charge in [0, 0.05) is 0 Å². The van der Waals surface area contributed by atoms with E-state index in [4.69, 9.17) is 11.3 Å². The minimum atomic E-state index is -4.50. The van der Waals surface area contributed by atoms with Crippen molar-refractivity contribution in [3.8, 4) is 5.75 Å².